The summed E-state index contributed by atoms with van der Waals surface area (Å²) in [6.07, 6.45) is 6.57. The van der Waals surface area contributed by atoms with Crippen molar-refractivity contribution in [2.24, 2.45) is 17.3 Å². The number of allylic oxidation sites excluding steroid dienone is 2. The van der Waals surface area contributed by atoms with Crippen LogP contribution in [0.3, 0.4) is 0 Å². The van der Waals surface area contributed by atoms with Gasteiger partial charge < -0.3 is 0 Å². The van der Waals surface area contributed by atoms with Gasteiger partial charge in [0, 0.05) is 5.92 Å². The average molecular weight is 224 g/mol. The van der Waals surface area contributed by atoms with E-state index in [1.165, 1.54) is 19.3 Å². The molecule has 3 atom stereocenters. The molecule has 5 rings (SSSR count). The lowest BCUT2D eigenvalue weighted by atomic mass is 9.44. The van der Waals surface area contributed by atoms with Crippen LogP contribution in [0.1, 0.15) is 43.7 Å². The van der Waals surface area contributed by atoms with Gasteiger partial charge in [-0.25, -0.2) is 0 Å². The highest BCUT2D eigenvalue weighted by molar-refractivity contribution is 5.45. The van der Waals surface area contributed by atoms with Crippen molar-refractivity contribution in [3.05, 3.63) is 47.0 Å². The van der Waals surface area contributed by atoms with E-state index < -0.39 is 0 Å². The first-order valence-corrected chi connectivity index (χ1v) is 6.95. The van der Waals surface area contributed by atoms with Crippen LogP contribution >= 0.6 is 0 Å². The Labute approximate surface area is 104 Å². The van der Waals surface area contributed by atoms with Crippen molar-refractivity contribution >= 4 is 0 Å². The Morgan fingerprint density at radius 3 is 2.76 bits per heavy atom. The van der Waals surface area contributed by atoms with E-state index in [4.69, 9.17) is 0 Å². The fourth-order valence-corrected chi connectivity index (χ4v) is 4.52. The van der Waals surface area contributed by atoms with E-state index >= 15 is 0 Å². The van der Waals surface area contributed by atoms with E-state index in [0.29, 0.717) is 5.41 Å². The third kappa shape index (κ3) is 1.14. The summed E-state index contributed by atoms with van der Waals surface area (Å²) in [6.45, 7) is 4.95. The van der Waals surface area contributed by atoms with Crippen LogP contribution in [-0.4, -0.2) is 0 Å². The number of hydrogen-bond donors (Lipinski definition) is 0. The summed E-state index contributed by atoms with van der Waals surface area (Å²) in [6, 6.07) is 9.08. The zero-order chi connectivity index (χ0) is 11.6. The van der Waals surface area contributed by atoms with Gasteiger partial charge in [-0.05, 0) is 47.6 Å². The first-order chi connectivity index (χ1) is 8.18. The third-order valence-corrected chi connectivity index (χ3v) is 5.78. The molecule has 1 aromatic rings. The number of hydrogen-bond acceptors (Lipinski definition) is 0. The molecule has 88 valence electrons. The molecule has 17 heavy (non-hydrogen) atoms. The molecule has 0 aromatic heterocycles. The van der Waals surface area contributed by atoms with Gasteiger partial charge in [0.2, 0.25) is 0 Å². The predicted molar refractivity (Wildman–Crippen MR) is 71.0 cm³/mol. The van der Waals surface area contributed by atoms with Gasteiger partial charge in [0.15, 0.2) is 0 Å². The average Bonchev–Trinajstić information content (AvgIpc) is 2.37. The topological polar surface area (TPSA) is 0 Å². The maximum absolute atomic E-state index is 2.55. The number of rotatable bonds is 0. The van der Waals surface area contributed by atoms with Gasteiger partial charge in [0.1, 0.15) is 0 Å². The summed E-state index contributed by atoms with van der Waals surface area (Å²) in [5.41, 5.74) is 5.56. The number of benzene rings is 1. The molecule has 0 spiro atoms. The van der Waals surface area contributed by atoms with Crippen LogP contribution < -0.4 is 0 Å². The molecule has 4 aliphatic carbocycles. The minimum atomic E-state index is 0.578. The van der Waals surface area contributed by atoms with Crippen LogP contribution in [0.2, 0.25) is 0 Å². The maximum Gasteiger partial charge on any atom is 0.00569 e. The minimum absolute atomic E-state index is 0.578. The smallest absolute Gasteiger partial charge is 0.00569 e. The van der Waals surface area contributed by atoms with Gasteiger partial charge in [-0.1, -0.05) is 49.8 Å². The van der Waals surface area contributed by atoms with Crippen molar-refractivity contribution in [2.75, 3.05) is 0 Å². The number of fused-ring (bicyclic) bond motifs is 1. The highest BCUT2D eigenvalue weighted by Crippen LogP contribution is 2.65. The second-order valence-electron chi connectivity index (χ2n) is 6.70. The summed E-state index contributed by atoms with van der Waals surface area (Å²) >= 11 is 0. The molecule has 3 saturated carbocycles. The van der Waals surface area contributed by atoms with Gasteiger partial charge in [-0.3, -0.25) is 0 Å². The molecule has 3 unspecified atom stereocenters. The Morgan fingerprint density at radius 1 is 1.12 bits per heavy atom. The zero-order valence-corrected chi connectivity index (χ0v) is 10.7. The molecular weight excluding hydrogens is 204 g/mol. The molecule has 0 heterocycles. The van der Waals surface area contributed by atoms with Gasteiger partial charge in [-0.15, -0.1) is 0 Å². The van der Waals surface area contributed by atoms with Crippen LogP contribution in [0, 0.1) is 17.3 Å². The van der Waals surface area contributed by atoms with Crippen LogP contribution in [0.25, 0.3) is 0 Å². The van der Waals surface area contributed by atoms with Crippen molar-refractivity contribution in [3.8, 4) is 0 Å². The van der Waals surface area contributed by atoms with Gasteiger partial charge in [0.05, 0.1) is 0 Å². The molecular formula is C17H20. The summed E-state index contributed by atoms with van der Waals surface area (Å²) in [5, 5.41) is 0. The standard InChI is InChI=1S/C17H20/c1-17(2)12-9-15-13-6-4-3-5-11(13)7-8-14(15)16(17)10-12/h3-6,8,12,15-16H,7,9-10H2,1-2H3. The van der Waals surface area contributed by atoms with Crippen molar-refractivity contribution in [2.45, 2.75) is 39.0 Å². The fraction of sp³-hybridized carbons (Fsp3) is 0.529. The Kier molecular flexibility index (Phi) is 1.78. The zero-order valence-electron chi connectivity index (χ0n) is 10.7. The summed E-state index contributed by atoms with van der Waals surface area (Å²) in [7, 11) is 0. The largest absolute Gasteiger partial charge is 0.0800 e. The molecule has 0 N–H and O–H groups in total. The monoisotopic (exact) mass is 224 g/mol. The SMILES string of the molecule is CC1(C)C2CC3C(=CCc4ccccc43)C1C2. The summed E-state index contributed by atoms with van der Waals surface area (Å²) < 4.78 is 0. The molecule has 3 fully saturated rings. The molecule has 2 bridgehead atoms. The normalized spacial score (nSPS) is 36.4. The first-order valence-electron chi connectivity index (χ1n) is 6.95. The summed E-state index contributed by atoms with van der Waals surface area (Å²) in [5.74, 6) is 2.59. The lowest BCUT2D eigenvalue weighted by molar-refractivity contribution is -0.0361. The molecule has 4 aliphatic rings. The van der Waals surface area contributed by atoms with Crippen LogP contribution in [-0.2, 0) is 6.42 Å². The Bertz CT molecular complexity index is 507. The molecule has 0 amide bonds. The van der Waals surface area contributed by atoms with Crippen molar-refractivity contribution in [1.29, 1.82) is 0 Å². The highest BCUT2D eigenvalue weighted by Gasteiger charge is 2.55. The van der Waals surface area contributed by atoms with Crippen LogP contribution in [0.15, 0.2) is 35.9 Å². The van der Waals surface area contributed by atoms with Gasteiger partial charge in [0.25, 0.3) is 0 Å². The lowest BCUT2D eigenvalue weighted by Crippen LogP contribution is -2.51. The van der Waals surface area contributed by atoms with E-state index in [9.17, 15) is 0 Å². The van der Waals surface area contributed by atoms with Crippen molar-refractivity contribution < 1.29 is 0 Å². The van der Waals surface area contributed by atoms with Gasteiger partial charge in [-0.2, -0.15) is 0 Å². The third-order valence-electron chi connectivity index (χ3n) is 5.78. The van der Waals surface area contributed by atoms with Gasteiger partial charge >= 0.3 is 0 Å². The van der Waals surface area contributed by atoms with E-state index in [2.05, 4.69) is 44.2 Å². The van der Waals surface area contributed by atoms with Crippen LogP contribution in [0.5, 0.6) is 0 Å². The Balaban J connectivity index is 1.80. The molecule has 0 aliphatic heterocycles. The second-order valence-corrected chi connectivity index (χ2v) is 6.70. The van der Waals surface area contributed by atoms with Crippen LogP contribution in [0.4, 0.5) is 0 Å². The second kappa shape index (κ2) is 3.04. The Morgan fingerprint density at radius 2 is 1.94 bits per heavy atom. The maximum atomic E-state index is 2.55. The Hall–Kier alpha value is -1.04. The predicted octanol–water partition coefficient (Wildman–Crippen LogP) is 4.32. The molecule has 0 nitrogen and oxygen atoms in total. The molecule has 0 heteroatoms. The lowest BCUT2D eigenvalue weighted by Gasteiger charge is -2.61. The van der Waals surface area contributed by atoms with E-state index in [1.54, 1.807) is 16.7 Å². The van der Waals surface area contributed by atoms with E-state index in [0.717, 1.165) is 17.8 Å². The van der Waals surface area contributed by atoms with E-state index in [1.807, 2.05) is 0 Å². The highest BCUT2D eigenvalue weighted by atomic mass is 14.6. The van der Waals surface area contributed by atoms with E-state index in [-0.39, 0.29) is 0 Å². The minimum Gasteiger partial charge on any atom is -0.0800 e. The molecule has 0 saturated heterocycles. The first kappa shape index (κ1) is 9.94. The fourth-order valence-electron chi connectivity index (χ4n) is 4.52. The van der Waals surface area contributed by atoms with Crippen molar-refractivity contribution in [3.63, 3.8) is 0 Å². The molecule has 0 radical (unpaired) electrons. The molecule has 1 aromatic carbocycles. The van der Waals surface area contributed by atoms with Crippen molar-refractivity contribution in [1.82, 2.24) is 0 Å². The summed E-state index contributed by atoms with van der Waals surface area (Å²) in [4.78, 5) is 0. The quantitative estimate of drug-likeness (QED) is 0.576.